The zero-order chi connectivity index (χ0) is 13.4. The lowest BCUT2D eigenvalue weighted by atomic mass is 10.1. The van der Waals surface area contributed by atoms with Crippen molar-refractivity contribution in [2.75, 3.05) is 11.4 Å². The standard InChI is InChI=1S/C15H17NO3/c17-14(11-9-12(11)15(18)19)16-8-4-3-6-10-5-1-2-7-13(10)16/h1-2,5,7,11-12H,3-4,6,8-9H2,(H,18,19). The summed E-state index contributed by atoms with van der Waals surface area (Å²) < 4.78 is 0. The minimum atomic E-state index is -0.846. The van der Waals surface area contributed by atoms with E-state index in [0.29, 0.717) is 13.0 Å². The Hall–Kier alpha value is -1.84. The number of rotatable bonds is 2. The number of hydrogen-bond acceptors (Lipinski definition) is 2. The molecule has 1 heterocycles. The quantitative estimate of drug-likeness (QED) is 0.884. The highest BCUT2D eigenvalue weighted by Crippen LogP contribution is 2.41. The topological polar surface area (TPSA) is 57.6 Å². The van der Waals surface area contributed by atoms with Gasteiger partial charge in [-0.2, -0.15) is 0 Å². The summed E-state index contributed by atoms with van der Waals surface area (Å²) in [6.07, 6.45) is 3.54. The van der Waals surface area contributed by atoms with Gasteiger partial charge in [0.1, 0.15) is 0 Å². The van der Waals surface area contributed by atoms with Gasteiger partial charge in [0.25, 0.3) is 0 Å². The second kappa shape index (κ2) is 4.68. The second-order valence-electron chi connectivity index (χ2n) is 5.36. The minimum Gasteiger partial charge on any atom is -0.481 e. The molecule has 2 aliphatic rings. The zero-order valence-corrected chi connectivity index (χ0v) is 10.7. The highest BCUT2D eigenvalue weighted by atomic mass is 16.4. The third-order valence-electron chi connectivity index (χ3n) is 4.05. The molecule has 0 bridgehead atoms. The fourth-order valence-corrected chi connectivity index (χ4v) is 2.86. The van der Waals surface area contributed by atoms with E-state index < -0.39 is 11.9 Å². The second-order valence-corrected chi connectivity index (χ2v) is 5.36. The summed E-state index contributed by atoms with van der Waals surface area (Å²) in [7, 11) is 0. The summed E-state index contributed by atoms with van der Waals surface area (Å²) in [5.41, 5.74) is 2.17. The lowest BCUT2D eigenvalue weighted by Gasteiger charge is -2.23. The number of aryl methyl sites for hydroxylation is 1. The highest BCUT2D eigenvalue weighted by Gasteiger charge is 2.50. The van der Waals surface area contributed by atoms with Crippen molar-refractivity contribution < 1.29 is 14.7 Å². The Morgan fingerprint density at radius 2 is 1.95 bits per heavy atom. The molecule has 1 aliphatic heterocycles. The molecule has 3 rings (SSSR count). The zero-order valence-electron chi connectivity index (χ0n) is 10.7. The molecule has 1 saturated carbocycles. The van der Waals surface area contributed by atoms with E-state index in [9.17, 15) is 9.59 Å². The van der Waals surface area contributed by atoms with Gasteiger partial charge in [-0.25, -0.2) is 0 Å². The van der Waals surface area contributed by atoms with Gasteiger partial charge in [-0.3, -0.25) is 9.59 Å². The number of anilines is 1. The van der Waals surface area contributed by atoms with Crippen molar-refractivity contribution in [1.29, 1.82) is 0 Å². The summed E-state index contributed by atoms with van der Waals surface area (Å²) in [4.78, 5) is 25.2. The van der Waals surface area contributed by atoms with Gasteiger partial charge in [0.2, 0.25) is 5.91 Å². The number of carboxylic acids is 1. The van der Waals surface area contributed by atoms with Crippen LogP contribution in [0.4, 0.5) is 5.69 Å². The van der Waals surface area contributed by atoms with Crippen molar-refractivity contribution in [2.24, 2.45) is 11.8 Å². The monoisotopic (exact) mass is 259 g/mol. The summed E-state index contributed by atoms with van der Waals surface area (Å²) >= 11 is 0. The van der Waals surface area contributed by atoms with Crippen molar-refractivity contribution in [3.8, 4) is 0 Å². The Morgan fingerprint density at radius 3 is 2.68 bits per heavy atom. The number of benzene rings is 1. The lowest BCUT2D eigenvalue weighted by molar-refractivity contribution is -0.140. The number of nitrogens with zero attached hydrogens (tertiary/aromatic N) is 1. The molecule has 2 unspecified atom stereocenters. The predicted molar refractivity (Wildman–Crippen MR) is 71.0 cm³/mol. The summed E-state index contributed by atoms with van der Waals surface area (Å²) in [5, 5.41) is 8.95. The van der Waals surface area contributed by atoms with Crippen LogP contribution in [0.15, 0.2) is 24.3 Å². The Kier molecular flexibility index (Phi) is 3.01. The maximum Gasteiger partial charge on any atom is 0.307 e. The Morgan fingerprint density at radius 1 is 1.16 bits per heavy atom. The van der Waals surface area contributed by atoms with Crippen LogP contribution in [0.25, 0.3) is 0 Å². The van der Waals surface area contributed by atoms with Crippen LogP contribution in [0.1, 0.15) is 24.8 Å². The largest absolute Gasteiger partial charge is 0.481 e. The molecule has 1 fully saturated rings. The first-order valence-corrected chi connectivity index (χ1v) is 6.80. The molecular formula is C15H17NO3. The smallest absolute Gasteiger partial charge is 0.307 e. The van der Waals surface area contributed by atoms with Crippen LogP contribution in [-0.4, -0.2) is 23.5 Å². The van der Waals surface area contributed by atoms with Gasteiger partial charge in [-0.15, -0.1) is 0 Å². The van der Waals surface area contributed by atoms with Gasteiger partial charge in [0.15, 0.2) is 0 Å². The lowest BCUT2D eigenvalue weighted by Crippen LogP contribution is -2.33. The van der Waals surface area contributed by atoms with Gasteiger partial charge >= 0.3 is 5.97 Å². The molecule has 4 heteroatoms. The number of hydrogen-bond donors (Lipinski definition) is 1. The third kappa shape index (κ3) is 2.23. The molecule has 0 aromatic heterocycles. The molecule has 4 nitrogen and oxygen atoms in total. The number of carbonyl (C=O) groups is 2. The van der Waals surface area contributed by atoms with Gasteiger partial charge in [0, 0.05) is 12.2 Å². The number of carbonyl (C=O) groups excluding carboxylic acids is 1. The maximum absolute atomic E-state index is 12.5. The summed E-state index contributed by atoms with van der Waals surface area (Å²) in [5.74, 6) is -1.64. The minimum absolute atomic E-state index is 0.0123. The van der Waals surface area contributed by atoms with Crippen molar-refractivity contribution in [2.45, 2.75) is 25.7 Å². The van der Waals surface area contributed by atoms with E-state index in [1.807, 2.05) is 18.2 Å². The normalized spacial score (nSPS) is 25.4. The molecule has 1 aliphatic carbocycles. The molecular weight excluding hydrogens is 242 g/mol. The number of carboxylic acid groups (broad SMARTS) is 1. The van der Waals surface area contributed by atoms with E-state index >= 15 is 0 Å². The SMILES string of the molecule is O=C(O)C1CC1C(=O)N1CCCCc2ccccc21. The Balaban J connectivity index is 1.85. The van der Waals surface area contributed by atoms with Crippen LogP contribution in [-0.2, 0) is 16.0 Å². The number of para-hydroxylation sites is 1. The van der Waals surface area contributed by atoms with E-state index in [1.54, 1.807) is 4.90 Å². The van der Waals surface area contributed by atoms with E-state index in [0.717, 1.165) is 24.9 Å². The molecule has 0 spiro atoms. The molecule has 0 radical (unpaired) electrons. The van der Waals surface area contributed by atoms with Crippen molar-refractivity contribution in [3.05, 3.63) is 29.8 Å². The number of fused-ring (bicyclic) bond motifs is 1. The van der Waals surface area contributed by atoms with Crippen molar-refractivity contribution in [1.82, 2.24) is 0 Å². The molecule has 19 heavy (non-hydrogen) atoms. The molecule has 1 amide bonds. The summed E-state index contributed by atoms with van der Waals surface area (Å²) in [6.45, 7) is 0.707. The van der Waals surface area contributed by atoms with E-state index in [4.69, 9.17) is 5.11 Å². The fraction of sp³-hybridized carbons (Fsp3) is 0.467. The van der Waals surface area contributed by atoms with E-state index in [2.05, 4.69) is 6.07 Å². The van der Waals surface area contributed by atoms with Gasteiger partial charge < -0.3 is 10.0 Å². The van der Waals surface area contributed by atoms with Crippen LogP contribution in [0.2, 0.25) is 0 Å². The van der Waals surface area contributed by atoms with E-state index in [1.165, 1.54) is 5.56 Å². The molecule has 1 aromatic rings. The maximum atomic E-state index is 12.5. The molecule has 100 valence electrons. The van der Waals surface area contributed by atoms with Gasteiger partial charge in [-0.05, 0) is 37.3 Å². The Labute approximate surface area is 112 Å². The molecule has 2 atom stereocenters. The molecule has 0 saturated heterocycles. The fourth-order valence-electron chi connectivity index (χ4n) is 2.86. The number of amides is 1. The van der Waals surface area contributed by atoms with Gasteiger partial charge in [0.05, 0.1) is 11.8 Å². The average Bonchev–Trinajstić information content (AvgIpc) is 3.21. The molecule has 1 aromatic carbocycles. The number of aliphatic carboxylic acids is 1. The third-order valence-corrected chi connectivity index (χ3v) is 4.05. The first-order valence-electron chi connectivity index (χ1n) is 6.80. The van der Waals surface area contributed by atoms with Crippen LogP contribution < -0.4 is 4.90 Å². The average molecular weight is 259 g/mol. The van der Waals surface area contributed by atoms with Crippen LogP contribution in [0.3, 0.4) is 0 Å². The molecule has 1 N–H and O–H groups in total. The first kappa shape index (κ1) is 12.2. The van der Waals surface area contributed by atoms with Crippen molar-refractivity contribution >= 4 is 17.6 Å². The van der Waals surface area contributed by atoms with Crippen LogP contribution in [0, 0.1) is 11.8 Å². The van der Waals surface area contributed by atoms with Crippen LogP contribution >= 0.6 is 0 Å². The Bertz CT molecular complexity index is 526. The first-order chi connectivity index (χ1) is 9.18. The van der Waals surface area contributed by atoms with Crippen LogP contribution in [0.5, 0.6) is 0 Å². The highest BCUT2D eigenvalue weighted by molar-refractivity contribution is 6.00. The van der Waals surface area contributed by atoms with Gasteiger partial charge in [-0.1, -0.05) is 18.2 Å². The summed E-state index contributed by atoms with van der Waals surface area (Å²) in [6, 6.07) is 7.95. The van der Waals surface area contributed by atoms with E-state index in [-0.39, 0.29) is 11.8 Å². The predicted octanol–water partition coefficient (Wildman–Crippen LogP) is 2.08. The van der Waals surface area contributed by atoms with Crippen molar-refractivity contribution in [3.63, 3.8) is 0 Å².